The molecule has 0 rings (SSSR count). The molecule has 2 heteroatoms. The SMILES string of the molecule is CCCOC(C)(C/C=C(\CC)COCC)C(C)(C)CC. The molecule has 20 heavy (non-hydrogen) atoms. The van der Waals surface area contributed by atoms with E-state index in [-0.39, 0.29) is 11.0 Å². The Hall–Kier alpha value is -0.340. The largest absolute Gasteiger partial charge is 0.377 e. The lowest BCUT2D eigenvalue weighted by Crippen LogP contribution is -2.44. The van der Waals surface area contributed by atoms with E-state index in [4.69, 9.17) is 9.47 Å². The van der Waals surface area contributed by atoms with Crippen LogP contribution in [0, 0.1) is 5.41 Å². The maximum atomic E-state index is 6.25. The van der Waals surface area contributed by atoms with Gasteiger partial charge in [0.15, 0.2) is 0 Å². The summed E-state index contributed by atoms with van der Waals surface area (Å²) in [6, 6.07) is 0. The first kappa shape index (κ1) is 19.7. The maximum Gasteiger partial charge on any atom is 0.0739 e. The second-order valence-corrected chi connectivity index (χ2v) is 6.37. The number of ether oxygens (including phenoxy) is 2. The first-order chi connectivity index (χ1) is 9.36. The Morgan fingerprint density at radius 2 is 1.70 bits per heavy atom. The van der Waals surface area contributed by atoms with E-state index in [0.29, 0.717) is 0 Å². The van der Waals surface area contributed by atoms with Gasteiger partial charge in [0, 0.05) is 13.2 Å². The third kappa shape index (κ3) is 5.97. The molecular formula is C18H36O2. The molecule has 0 aliphatic rings. The zero-order chi connectivity index (χ0) is 15.6. The van der Waals surface area contributed by atoms with Crippen LogP contribution in [0.1, 0.15) is 74.1 Å². The molecule has 0 fully saturated rings. The molecular weight excluding hydrogens is 248 g/mol. The second kappa shape index (κ2) is 9.57. The average molecular weight is 284 g/mol. The van der Waals surface area contributed by atoms with Crippen molar-refractivity contribution in [3.8, 4) is 0 Å². The van der Waals surface area contributed by atoms with Gasteiger partial charge in [-0.25, -0.2) is 0 Å². The highest BCUT2D eigenvalue weighted by Crippen LogP contribution is 2.40. The second-order valence-electron chi connectivity index (χ2n) is 6.37. The first-order valence-electron chi connectivity index (χ1n) is 8.26. The van der Waals surface area contributed by atoms with E-state index >= 15 is 0 Å². The lowest BCUT2D eigenvalue weighted by molar-refractivity contribution is -0.110. The molecule has 0 aromatic carbocycles. The Morgan fingerprint density at radius 1 is 1.05 bits per heavy atom. The Balaban J connectivity index is 4.92. The van der Waals surface area contributed by atoms with Gasteiger partial charge in [0.2, 0.25) is 0 Å². The molecule has 0 saturated heterocycles. The summed E-state index contributed by atoms with van der Waals surface area (Å²) in [5.74, 6) is 0. The van der Waals surface area contributed by atoms with Crippen LogP contribution >= 0.6 is 0 Å². The highest BCUT2D eigenvalue weighted by atomic mass is 16.5. The van der Waals surface area contributed by atoms with Crippen LogP contribution in [0.3, 0.4) is 0 Å². The van der Waals surface area contributed by atoms with Crippen LogP contribution in [0.15, 0.2) is 11.6 Å². The van der Waals surface area contributed by atoms with Gasteiger partial charge < -0.3 is 9.47 Å². The number of hydrogen-bond acceptors (Lipinski definition) is 2. The van der Waals surface area contributed by atoms with E-state index in [1.807, 2.05) is 6.92 Å². The van der Waals surface area contributed by atoms with Crippen LogP contribution in [0.2, 0.25) is 0 Å². The van der Waals surface area contributed by atoms with Crippen LogP contribution in [0.25, 0.3) is 0 Å². The number of rotatable bonds is 11. The van der Waals surface area contributed by atoms with Gasteiger partial charge in [0.05, 0.1) is 12.2 Å². The smallest absolute Gasteiger partial charge is 0.0739 e. The van der Waals surface area contributed by atoms with E-state index in [1.165, 1.54) is 5.57 Å². The number of hydrogen-bond donors (Lipinski definition) is 0. The van der Waals surface area contributed by atoms with Crippen molar-refractivity contribution in [3.63, 3.8) is 0 Å². The lowest BCUT2D eigenvalue weighted by Gasteiger charge is -2.43. The standard InChI is InChI=1S/C18H36O2/c1-8-14-20-18(7,17(5,6)10-3)13-12-16(9-2)15-19-11-4/h12H,8-11,13-15H2,1-7H3/b16-12+. The summed E-state index contributed by atoms with van der Waals surface area (Å²) in [7, 11) is 0. The van der Waals surface area contributed by atoms with E-state index in [0.717, 1.165) is 45.5 Å². The fourth-order valence-electron chi connectivity index (χ4n) is 2.11. The molecule has 0 bridgehead atoms. The van der Waals surface area contributed by atoms with Crippen molar-refractivity contribution in [2.24, 2.45) is 5.41 Å². The predicted octanol–water partition coefficient (Wildman–Crippen LogP) is 5.37. The maximum absolute atomic E-state index is 6.25. The third-order valence-electron chi connectivity index (χ3n) is 4.67. The van der Waals surface area contributed by atoms with Crippen molar-refractivity contribution in [2.75, 3.05) is 19.8 Å². The Kier molecular flexibility index (Phi) is 9.41. The van der Waals surface area contributed by atoms with Gasteiger partial charge in [-0.3, -0.25) is 0 Å². The summed E-state index contributed by atoms with van der Waals surface area (Å²) in [5, 5.41) is 0. The highest BCUT2D eigenvalue weighted by molar-refractivity contribution is 5.06. The van der Waals surface area contributed by atoms with Crippen molar-refractivity contribution in [1.29, 1.82) is 0 Å². The summed E-state index contributed by atoms with van der Waals surface area (Å²) < 4.78 is 11.8. The topological polar surface area (TPSA) is 18.5 Å². The van der Waals surface area contributed by atoms with E-state index in [2.05, 4.69) is 47.6 Å². The molecule has 2 nitrogen and oxygen atoms in total. The van der Waals surface area contributed by atoms with Crippen molar-refractivity contribution in [3.05, 3.63) is 11.6 Å². The Bertz CT molecular complexity index is 281. The molecule has 0 aliphatic heterocycles. The molecule has 0 saturated carbocycles. The molecule has 0 aromatic heterocycles. The fraction of sp³-hybridized carbons (Fsp3) is 0.889. The summed E-state index contributed by atoms with van der Waals surface area (Å²) >= 11 is 0. The molecule has 0 aromatic rings. The molecule has 0 aliphatic carbocycles. The summed E-state index contributed by atoms with van der Waals surface area (Å²) in [4.78, 5) is 0. The Labute approximate surface area is 126 Å². The van der Waals surface area contributed by atoms with Crippen molar-refractivity contribution in [1.82, 2.24) is 0 Å². The van der Waals surface area contributed by atoms with Gasteiger partial charge >= 0.3 is 0 Å². The molecule has 0 spiro atoms. The minimum absolute atomic E-state index is 0.107. The van der Waals surface area contributed by atoms with Gasteiger partial charge in [-0.1, -0.05) is 40.7 Å². The average Bonchev–Trinajstić information content (AvgIpc) is 2.45. The summed E-state index contributed by atoms with van der Waals surface area (Å²) in [6.07, 6.45) is 6.54. The van der Waals surface area contributed by atoms with Gasteiger partial charge in [-0.2, -0.15) is 0 Å². The van der Waals surface area contributed by atoms with Crippen LogP contribution in [-0.2, 0) is 9.47 Å². The van der Waals surface area contributed by atoms with Gasteiger partial charge in [0.1, 0.15) is 0 Å². The molecule has 1 unspecified atom stereocenters. The van der Waals surface area contributed by atoms with E-state index in [1.54, 1.807) is 0 Å². The van der Waals surface area contributed by atoms with Gasteiger partial charge in [0.25, 0.3) is 0 Å². The summed E-state index contributed by atoms with van der Waals surface area (Å²) in [6.45, 7) is 17.9. The monoisotopic (exact) mass is 284 g/mol. The summed E-state index contributed by atoms with van der Waals surface area (Å²) in [5.41, 5.74) is 1.44. The van der Waals surface area contributed by atoms with E-state index in [9.17, 15) is 0 Å². The molecule has 120 valence electrons. The van der Waals surface area contributed by atoms with Crippen molar-refractivity contribution < 1.29 is 9.47 Å². The van der Waals surface area contributed by atoms with Gasteiger partial charge in [-0.15, -0.1) is 0 Å². The van der Waals surface area contributed by atoms with Crippen LogP contribution in [-0.4, -0.2) is 25.4 Å². The molecule has 1 atom stereocenters. The van der Waals surface area contributed by atoms with Crippen molar-refractivity contribution in [2.45, 2.75) is 79.8 Å². The normalized spacial score (nSPS) is 16.2. The molecule has 0 N–H and O–H groups in total. The third-order valence-corrected chi connectivity index (χ3v) is 4.67. The Morgan fingerprint density at radius 3 is 2.15 bits per heavy atom. The molecule has 0 heterocycles. The first-order valence-corrected chi connectivity index (χ1v) is 8.26. The van der Waals surface area contributed by atoms with Crippen LogP contribution in [0.5, 0.6) is 0 Å². The molecule has 0 amide bonds. The zero-order valence-electron chi connectivity index (χ0n) is 14.8. The predicted molar refractivity (Wildman–Crippen MR) is 88.2 cm³/mol. The minimum Gasteiger partial charge on any atom is -0.377 e. The zero-order valence-corrected chi connectivity index (χ0v) is 14.8. The van der Waals surface area contributed by atoms with E-state index < -0.39 is 0 Å². The van der Waals surface area contributed by atoms with Gasteiger partial charge in [-0.05, 0) is 50.5 Å². The molecule has 0 radical (unpaired) electrons. The minimum atomic E-state index is -0.107. The quantitative estimate of drug-likeness (QED) is 0.475. The van der Waals surface area contributed by atoms with Crippen LogP contribution in [0.4, 0.5) is 0 Å². The highest BCUT2D eigenvalue weighted by Gasteiger charge is 2.39. The fourth-order valence-corrected chi connectivity index (χ4v) is 2.11. The van der Waals surface area contributed by atoms with Crippen LogP contribution < -0.4 is 0 Å². The van der Waals surface area contributed by atoms with Crippen molar-refractivity contribution >= 4 is 0 Å². The lowest BCUT2D eigenvalue weighted by atomic mass is 9.71.